The van der Waals surface area contributed by atoms with Gasteiger partial charge in [-0.15, -0.1) is 0 Å². The molecule has 1 saturated heterocycles. The zero-order valence-corrected chi connectivity index (χ0v) is 11.6. The van der Waals surface area contributed by atoms with Gasteiger partial charge < -0.3 is 14.8 Å². The third kappa shape index (κ3) is 3.91. The molecule has 106 valence electrons. The van der Waals surface area contributed by atoms with Gasteiger partial charge in [-0.05, 0) is 43.4 Å². The Kier molecular flexibility index (Phi) is 5.16. The van der Waals surface area contributed by atoms with Crippen LogP contribution in [-0.4, -0.2) is 26.9 Å². The Bertz CT molecular complexity index is 405. The van der Waals surface area contributed by atoms with Gasteiger partial charge in [-0.1, -0.05) is 6.07 Å². The minimum atomic E-state index is -0.311. The zero-order chi connectivity index (χ0) is 13.7. The molecule has 2 unspecified atom stereocenters. The van der Waals surface area contributed by atoms with E-state index < -0.39 is 0 Å². The molecule has 0 amide bonds. The van der Waals surface area contributed by atoms with E-state index in [4.69, 9.17) is 9.47 Å². The average molecular weight is 267 g/mol. The lowest BCUT2D eigenvalue weighted by molar-refractivity contribution is 0.0540. The predicted molar refractivity (Wildman–Crippen MR) is 72.9 cm³/mol. The molecule has 2 rings (SSSR count). The lowest BCUT2D eigenvalue weighted by Crippen LogP contribution is -2.30. The summed E-state index contributed by atoms with van der Waals surface area (Å²) in [6.45, 7) is 4.67. The summed E-state index contributed by atoms with van der Waals surface area (Å²) in [5, 5.41) is 3.45. The van der Waals surface area contributed by atoms with Crippen LogP contribution >= 0.6 is 0 Å². The largest absolute Gasteiger partial charge is 0.494 e. The fourth-order valence-electron chi connectivity index (χ4n) is 2.38. The molecule has 1 aromatic rings. The van der Waals surface area contributed by atoms with Gasteiger partial charge in [0.2, 0.25) is 0 Å². The average Bonchev–Trinajstić information content (AvgIpc) is 2.45. The van der Waals surface area contributed by atoms with Crippen molar-refractivity contribution in [3.8, 4) is 5.75 Å². The van der Waals surface area contributed by atoms with E-state index in [0.717, 1.165) is 31.7 Å². The molecule has 0 spiro atoms. The van der Waals surface area contributed by atoms with E-state index in [2.05, 4.69) is 5.32 Å². The smallest absolute Gasteiger partial charge is 0.165 e. The van der Waals surface area contributed by atoms with Crippen molar-refractivity contribution < 1.29 is 13.9 Å². The first-order chi connectivity index (χ1) is 9.20. The molecular weight excluding hydrogens is 245 g/mol. The second-order valence-corrected chi connectivity index (χ2v) is 5.11. The van der Waals surface area contributed by atoms with Crippen LogP contribution in [0.4, 0.5) is 4.39 Å². The first-order valence-corrected chi connectivity index (χ1v) is 6.85. The minimum Gasteiger partial charge on any atom is -0.494 e. The number of methoxy groups -OCH3 is 1. The summed E-state index contributed by atoms with van der Waals surface area (Å²) in [5.74, 6) is 0.547. The maximum atomic E-state index is 13.6. The van der Waals surface area contributed by atoms with Crippen LogP contribution in [0, 0.1) is 11.7 Å². The Morgan fingerprint density at radius 1 is 1.53 bits per heavy atom. The Labute approximate surface area is 114 Å². The topological polar surface area (TPSA) is 30.5 Å². The van der Waals surface area contributed by atoms with Crippen LogP contribution in [0.1, 0.15) is 31.4 Å². The van der Waals surface area contributed by atoms with E-state index in [-0.39, 0.29) is 17.6 Å². The number of rotatable bonds is 5. The lowest BCUT2D eigenvalue weighted by Gasteiger charge is -2.24. The van der Waals surface area contributed by atoms with Crippen molar-refractivity contribution >= 4 is 0 Å². The lowest BCUT2D eigenvalue weighted by atomic mass is 10.0. The molecular formula is C15H22FNO2. The molecule has 1 aliphatic heterocycles. The highest BCUT2D eigenvalue weighted by molar-refractivity contribution is 5.30. The maximum Gasteiger partial charge on any atom is 0.165 e. The summed E-state index contributed by atoms with van der Waals surface area (Å²) in [6.07, 6.45) is 2.34. The Hall–Kier alpha value is -1.13. The van der Waals surface area contributed by atoms with E-state index in [1.165, 1.54) is 19.6 Å². The van der Waals surface area contributed by atoms with E-state index in [9.17, 15) is 4.39 Å². The summed E-state index contributed by atoms with van der Waals surface area (Å²) >= 11 is 0. The molecule has 0 saturated carbocycles. The summed E-state index contributed by atoms with van der Waals surface area (Å²) in [7, 11) is 1.48. The predicted octanol–water partition coefficient (Wildman–Crippen LogP) is 2.91. The van der Waals surface area contributed by atoms with Crippen LogP contribution in [0.15, 0.2) is 18.2 Å². The Morgan fingerprint density at radius 3 is 3.00 bits per heavy atom. The SMILES string of the molecule is COc1ccc(C(C)NCC2CCCOC2)cc1F. The molecule has 19 heavy (non-hydrogen) atoms. The first kappa shape index (κ1) is 14.3. The first-order valence-electron chi connectivity index (χ1n) is 6.85. The van der Waals surface area contributed by atoms with Crippen LogP contribution in [0.3, 0.4) is 0 Å². The number of ether oxygens (including phenoxy) is 2. The Balaban J connectivity index is 1.88. The quantitative estimate of drug-likeness (QED) is 0.889. The molecule has 1 N–H and O–H groups in total. The highest BCUT2D eigenvalue weighted by Crippen LogP contribution is 2.22. The van der Waals surface area contributed by atoms with Crippen LogP contribution in [0.25, 0.3) is 0 Å². The van der Waals surface area contributed by atoms with Crippen molar-refractivity contribution in [2.45, 2.75) is 25.8 Å². The van der Waals surface area contributed by atoms with Gasteiger partial charge in [0.15, 0.2) is 11.6 Å². The molecule has 1 fully saturated rings. The highest BCUT2D eigenvalue weighted by atomic mass is 19.1. The summed E-state index contributed by atoms with van der Waals surface area (Å²) in [6, 6.07) is 5.24. The number of halogens is 1. The van der Waals surface area contributed by atoms with E-state index in [1.807, 2.05) is 13.0 Å². The summed E-state index contributed by atoms with van der Waals surface area (Å²) in [4.78, 5) is 0. The van der Waals surface area contributed by atoms with Crippen LogP contribution in [0.5, 0.6) is 5.75 Å². The van der Waals surface area contributed by atoms with Crippen LogP contribution < -0.4 is 10.1 Å². The van der Waals surface area contributed by atoms with Crippen molar-refractivity contribution in [3.05, 3.63) is 29.6 Å². The second-order valence-electron chi connectivity index (χ2n) is 5.11. The number of nitrogens with one attached hydrogen (secondary N) is 1. The molecule has 4 heteroatoms. The van der Waals surface area contributed by atoms with Gasteiger partial charge in [-0.3, -0.25) is 0 Å². The molecule has 2 atom stereocenters. The van der Waals surface area contributed by atoms with Gasteiger partial charge in [-0.25, -0.2) is 4.39 Å². The Morgan fingerprint density at radius 2 is 2.37 bits per heavy atom. The molecule has 0 bridgehead atoms. The van der Waals surface area contributed by atoms with Gasteiger partial charge in [-0.2, -0.15) is 0 Å². The molecule has 0 radical (unpaired) electrons. The standard InChI is InChI=1S/C15H22FNO2/c1-11(17-9-12-4-3-7-19-10-12)13-5-6-15(18-2)14(16)8-13/h5-6,8,11-12,17H,3-4,7,9-10H2,1-2H3. The van der Waals surface area contributed by atoms with Crippen LogP contribution in [0.2, 0.25) is 0 Å². The second kappa shape index (κ2) is 6.87. The number of hydrogen-bond donors (Lipinski definition) is 1. The fraction of sp³-hybridized carbons (Fsp3) is 0.600. The molecule has 3 nitrogen and oxygen atoms in total. The van der Waals surface area contributed by atoms with Gasteiger partial charge in [0.25, 0.3) is 0 Å². The third-order valence-electron chi connectivity index (χ3n) is 3.64. The summed E-state index contributed by atoms with van der Waals surface area (Å²) < 4.78 is 24.0. The van der Waals surface area contributed by atoms with Gasteiger partial charge in [0.05, 0.1) is 13.7 Å². The van der Waals surface area contributed by atoms with Gasteiger partial charge in [0, 0.05) is 19.2 Å². The van der Waals surface area contributed by atoms with Crippen molar-refractivity contribution in [1.82, 2.24) is 5.32 Å². The fourth-order valence-corrected chi connectivity index (χ4v) is 2.38. The van der Waals surface area contributed by atoms with Crippen molar-refractivity contribution in [2.24, 2.45) is 5.92 Å². The van der Waals surface area contributed by atoms with Gasteiger partial charge in [0.1, 0.15) is 0 Å². The zero-order valence-electron chi connectivity index (χ0n) is 11.6. The van der Waals surface area contributed by atoms with Crippen molar-refractivity contribution in [1.29, 1.82) is 0 Å². The highest BCUT2D eigenvalue weighted by Gasteiger charge is 2.15. The summed E-state index contributed by atoms with van der Waals surface area (Å²) in [5.41, 5.74) is 0.940. The maximum absolute atomic E-state index is 13.6. The van der Waals surface area contributed by atoms with Crippen LogP contribution in [-0.2, 0) is 4.74 Å². The molecule has 1 heterocycles. The molecule has 1 aromatic carbocycles. The minimum absolute atomic E-state index is 0.127. The molecule has 0 aliphatic carbocycles. The monoisotopic (exact) mass is 267 g/mol. The third-order valence-corrected chi connectivity index (χ3v) is 3.64. The number of benzene rings is 1. The van der Waals surface area contributed by atoms with Crippen molar-refractivity contribution in [3.63, 3.8) is 0 Å². The number of hydrogen-bond acceptors (Lipinski definition) is 3. The van der Waals surface area contributed by atoms with E-state index in [0.29, 0.717) is 5.92 Å². The molecule has 0 aromatic heterocycles. The van der Waals surface area contributed by atoms with Crippen molar-refractivity contribution in [2.75, 3.05) is 26.9 Å². The molecule has 1 aliphatic rings. The van der Waals surface area contributed by atoms with E-state index in [1.54, 1.807) is 6.07 Å². The van der Waals surface area contributed by atoms with Gasteiger partial charge >= 0.3 is 0 Å². The van der Waals surface area contributed by atoms with E-state index >= 15 is 0 Å². The normalized spacial score (nSPS) is 21.1.